The van der Waals surface area contributed by atoms with Crippen LogP contribution >= 0.6 is 11.6 Å². The van der Waals surface area contributed by atoms with E-state index in [4.69, 9.17) is 22.1 Å². The first kappa shape index (κ1) is 25.2. The van der Waals surface area contributed by atoms with Gasteiger partial charge in [0.05, 0.1) is 11.2 Å². The Hall–Kier alpha value is -3.91. The molecule has 184 valence electrons. The summed E-state index contributed by atoms with van der Waals surface area (Å²) in [4.78, 5) is 12.3. The van der Waals surface area contributed by atoms with Crippen molar-refractivity contribution >= 4 is 34.5 Å². The van der Waals surface area contributed by atoms with Gasteiger partial charge in [-0.1, -0.05) is 60.1 Å². The largest absolute Gasteiger partial charge is 0.506 e. The number of hydrogen-bond acceptors (Lipinski definition) is 6. The lowest BCUT2D eigenvalue weighted by Crippen LogP contribution is -2.20. The predicted octanol–water partition coefficient (Wildman–Crippen LogP) is 4.59. The third kappa shape index (κ3) is 6.40. The van der Waals surface area contributed by atoms with Crippen molar-refractivity contribution in [2.75, 3.05) is 13.2 Å². The number of benzene rings is 4. The fourth-order valence-corrected chi connectivity index (χ4v) is 3.85. The average Bonchev–Trinajstić information content (AvgIpc) is 2.91. The normalized spacial score (nSPS) is 11.2. The van der Waals surface area contributed by atoms with Crippen molar-refractivity contribution in [3.63, 3.8) is 0 Å². The van der Waals surface area contributed by atoms with Crippen LogP contribution in [0.1, 0.15) is 27.0 Å². The van der Waals surface area contributed by atoms with E-state index in [0.29, 0.717) is 25.3 Å². The molecule has 4 aromatic rings. The van der Waals surface area contributed by atoms with Gasteiger partial charge in [0.2, 0.25) is 0 Å². The van der Waals surface area contributed by atoms with Gasteiger partial charge in [-0.3, -0.25) is 4.79 Å². The van der Waals surface area contributed by atoms with Gasteiger partial charge < -0.3 is 20.9 Å². The Kier molecular flexibility index (Phi) is 8.52. The Morgan fingerprint density at radius 3 is 2.50 bits per heavy atom. The van der Waals surface area contributed by atoms with E-state index in [0.717, 1.165) is 34.2 Å². The smallest absolute Gasteiger partial charge is 0.271 e. The molecular weight excluding hydrogens is 476 g/mol. The summed E-state index contributed by atoms with van der Waals surface area (Å²) in [6, 6.07) is 24.1. The molecule has 5 N–H and O–H groups in total. The summed E-state index contributed by atoms with van der Waals surface area (Å²) in [5, 5.41) is 19.0. The number of aromatic hydroxyl groups is 1. The lowest BCUT2D eigenvalue weighted by atomic mass is 10.0. The summed E-state index contributed by atoms with van der Waals surface area (Å²) < 4.78 is 6.04. The van der Waals surface area contributed by atoms with E-state index in [1.54, 1.807) is 6.21 Å². The third-order valence-electron chi connectivity index (χ3n) is 5.62. The zero-order valence-corrected chi connectivity index (χ0v) is 20.3. The van der Waals surface area contributed by atoms with E-state index in [1.807, 2.05) is 48.5 Å². The monoisotopic (exact) mass is 502 g/mol. The summed E-state index contributed by atoms with van der Waals surface area (Å²) in [6.07, 6.45) is 1.59. The topological polar surface area (TPSA) is 109 Å². The number of hydrazone groups is 1. The fraction of sp³-hybridized carbons (Fsp3) is 0.143. The highest BCUT2D eigenvalue weighted by Gasteiger charge is 2.08. The number of amides is 1. The number of fused-ring (bicyclic) bond motifs is 1. The van der Waals surface area contributed by atoms with Gasteiger partial charge >= 0.3 is 0 Å². The standard InChI is InChI=1S/C28H27ClN4O3/c29-25-15-21(9-11-26(25)34)28(35)33-32-18-22-10-12-27(24-4-2-1-3-23(22)24)36-14-13-31-17-20-7-5-19(16-30)6-8-20/h1-12,15,18,31,34H,13-14,16-17,30H2,(H,33,35). The van der Waals surface area contributed by atoms with Crippen LogP contribution in [0.5, 0.6) is 11.5 Å². The van der Waals surface area contributed by atoms with Crippen molar-refractivity contribution in [1.82, 2.24) is 10.7 Å². The number of carbonyl (C=O) groups is 1. The van der Waals surface area contributed by atoms with Gasteiger partial charge in [0.25, 0.3) is 5.91 Å². The number of nitrogens with two attached hydrogens (primary N) is 1. The molecule has 0 aromatic heterocycles. The first-order valence-corrected chi connectivity index (χ1v) is 11.9. The van der Waals surface area contributed by atoms with Crippen molar-refractivity contribution in [3.8, 4) is 11.5 Å². The second kappa shape index (κ2) is 12.2. The van der Waals surface area contributed by atoms with Crippen molar-refractivity contribution < 1.29 is 14.6 Å². The maximum atomic E-state index is 12.3. The van der Waals surface area contributed by atoms with Gasteiger partial charge in [0, 0.05) is 36.1 Å². The summed E-state index contributed by atoms with van der Waals surface area (Å²) in [6.45, 7) is 2.52. The highest BCUT2D eigenvalue weighted by Crippen LogP contribution is 2.28. The van der Waals surface area contributed by atoms with Crippen LogP contribution in [0.2, 0.25) is 5.02 Å². The number of phenolic OH excluding ortho intramolecular Hbond substituents is 1. The van der Waals surface area contributed by atoms with Crippen LogP contribution in [-0.2, 0) is 13.1 Å². The van der Waals surface area contributed by atoms with Crippen molar-refractivity contribution in [3.05, 3.63) is 106 Å². The average molecular weight is 503 g/mol. The molecule has 0 bridgehead atoms. The van der Waals surface area contributed by atoms with E-state index >= 15 is 0 Å². The van der Waals surface area contributed by atoms with Crippen molar-refractivity contribution in [2.24, 2.45) is 10.8 Å². The Bertz CT molecular complexity index is 1370. The Balaban J connectivity index is 1.35. The number of nitrogens with one attached hydrogen (secondary N) is 2. The molecule has 8 heteroatoms. The first-order valence-electron chi connectivity index (χ1n) is 11.5. The molecule has 0 spiro atoms. The second-order valence-electron chi connectivity index (χ2n) is 8.11. The Morgan fingerprint density at radius 1 is 1.00 bits per heavy atom. The lowest BCUT2D eigenvalue weighted by molar-refractivity contribution is 0.0955. The van der Waals surface area contributed by atoms with Gasteiger partial charge in [-0.25, -0.2) is 5.43 Å². The van der Waals surface area contributed by atoms with Crippen LogP contribution in [0, 0.1) is 0 Å². The molecule has 0 aliphatic rings. The molecular formula is C28H27ClN4O3. The molecule has 0 radical (unpaired) electrons. The number of nitrogens with zero attached hydrogens (tertiary/aromatic N) is 1. The summed E-state index contributed by atoms with van der Waals surface area (Å²) >= 11 is 5.87. The second-order valence-corrected chi connectivity index (χ2v) is 8.52. The molecule has 7 nitrogen and oxygen atoms in total. The SMILES string of the molecule is NCc1ccc(CNCCOc2ccc(C=NNC(=O)c3ccc(O)c(Cl)c3)c3ccccc23)cc1. The fourth-order valence-electron chi connectivity index (χ4n) is 3.67. The minimum absolute atomic E-state index is 0.0844. The van der Waals surface area contributed by atoms with Gasteiger partial charge in [-0.15, -0.1) is 0 Å². The van der Waals surface area contributed by atoms with Crippen molar-refractivity contribution in [2.45, 2.75) is 13.1 Å². The summed E-state index contributed by atoms with van der Waals surface area (Å²) in [5.41, 5.74) is 11.6. The number of hydrogen-bond donors (Lipinski definition) is 4. The molecule has 4 aromatic carbocycles. The molecule has 0 aliphatic carbocycles. The van der Waals surface area contributed by atoms with Crippen LogP contribution in [0.3, 0.4) is 0 Å². The Morgan fingerprint density at radius 2 is 1.75 bits per heavy atom. The maximum Gasteiger partial charge on any atom is 0.271 e. The minimum atomic E-state index is -0.430. The number of halogens is 1. The zero-order chi connectivity index (χ0) is 25.3. The van der Waals surface area contributed by atoms with E-state index in [9.17, 15) is 9.90 Å². The summed E-state index contributed by atoms with van der Waals surface area (Å²) in [7, 11) is 0. The zero-order valence-electron chi connectivity index (χ0n) is 19.6. The Labute approximate surface area is 214 Å². The van der Waals surface area contributed by atoms with Gasteiger partial charge in [-0.2, -0.15) is 5.10 Å². The van der Waals surface area contributed by atoms with Crippen LogP contribution in [0.15, 0.2) is 84.0 Å². The maximum absolute atomic E-state index is 12.3. The molecule has 0 heterocycles. The molecule has 36 heavy (non-hydrogen) atoms. The van der Waals surface area contributed by atoms with Gasteiger partial charge in [0.15, 0.2) is 0 Å². The first-order chi connectivity index (χ1) is 17.5. The number of ether oxygens (including phenoxy) is 1. The number of rotatable bonds is 10. The quantitative estimate of drug-likeness (QED) is 0.144. The van der Waals surface area contributed by atoms with E-state index in [-0.39, 0.29) is 10.8 Å². The van der Waals surface area contributed by atoms with Crippen LogP contribution < -0.4 is 21.2 Å². The third-order valence-corrected chi connectivity index (χ3v) is 5.92. The number of carbonyl (C=O) groups excluding carboxylic acids is 1. The summed E-state index contributed by atoms with van der Waals surface area (Å²) in [5.74, 6) is 0.263. The molecule has 1 amide bonds. The van der Waals surface area contributed by atoms with Crippen LogP contribution in [-0.4, -0.2) is 30.4 Å². The van der Waals surface area contributed by atoms with Gasteiger partial charge in [-0.05, 0) is 46.8 Å². The molecule has 0 saturated carbocycles. The van der Waals surface area contributed by atoms with E-state index in [2.05, 4.69) is 28.0 Å². The highest BCUT2D eigenvalue weighted by atomic mass is 35.5. The molecule has 0 aliphatic heterocycles. The molecule has 4 rings (SSSR count). The van der Waals surface area contributed by atoms with Crippen LogP contribution in [0.4, 0.5) is 0 Å². The molecule has 0 saturated heterocycles. The highest BCUT2D eigenvalue weighted by molar-refractivity contribution is 6.32. The minimum Gasteiger partial charge on any atom is -0.506 e. The van der Waals surface area contributed by atoms with Crippen molar-refractivity contribution in [1.29, 1.82) is 0 Å². The lowest BCUT2D eigenvalue weighted by Gasteiger charge is -2.12. The van der Waals surface area contributed by atoms with Gasteiger partial charge in [0.1, 0.15) is 18.1 Å². The predicted molar refractivity (Wildman–Crippen MR) is 144 cm³/mol. The molecule has 0 fully saturated rings. The molecule has 0 unspecified atom stereocenters. The van der Waals surface area contributed by atoms with Crippen LogP contribution in [0.25, 0.3) is 10.8 Å². The molecule has 0 atom stereocenters. The number of phenols is 1. The van der Waals surface area contributed by atoms with E-state index < -0.39 is 5.91 Å². The van der Waals surface area contributed by atoms with E-state index in [1.165, 1.54) is 23.8 Å².